The van der Waals surface area contributed by atoms with Crippen molar-refractivity contribution in [2.75, 3.05) is 18.0 Å². The highest BCUT2D eigenvalue weighted by Crippen LogP contribution is 2.21. The largest absolute Gasteiger partial charge is 0.357 e. The number of aryl methyl sites for hydroxylation is 1. The highest BCUT2D eigenvalue weighted by Gasteiger charge is 2.16. The zero-order valence-electron chi connectivity index (χ0n) is 9.74. The van der Waals surface area contributed by atoms with E-state index in [9.17, 15) is 0 Å². The van der Waals surface area contributed by atoms with Crippen molar-refractivity contribution in [3.8, 4) is 0 Å². The number of anilines is 1. The molecule has 2 heteroatoms. The van der Waals surface area contributed by atoms with E-state index < -0.39 is 0 Å². The molecule has 0 aromatic carbocycles. The average Bonchev–Trinajstić information content (AvgIpc) is 2.30. The predicted molar refractivity (Wildman–Crippen MR) is 64.2 cm³/mol. The van der Waals surface area contributed by atoms with Crippen molar-refractivity contribution in [1.82, 2.24) is 4.98 Å². The Hall–Kier alpha value is -1.05. The third-order valence-corrected chi connectivity index (χ3v) is 3.33. The molecular weight excluding hydrogens is 184 g/mol. The van der Waals surface area contributed by atoms with Gasteiger partial charge in [-0.1, -0.05) is 13.8 Å². The van der Waals surface area contributed by atoms with E-state index in [1.807, 2.05) is 6.20 Å². The van der Waals surface area contributed by atoms with E-state index in [1.165, 1.54) is 37.3 Å². The molecule has 0 bridgehead atoms. The molecule has 1 aromatic rings. The number of hydrogen-bond acceptors (Lipinski definition) is 2. The molecule has 0 aliphatic carbocycles. The molecule has 2 rings (SSSR count). The van der Waals surface area contributed by atoms with E-state index in [4.69, 9.17) is 0 Å². The van der Waals surface area contributed by atoms with Crippen molar-refractivity contribution in [2.24, 2.45) is 5.92 Å². The number of nitrogens with zero attached hydrogens (tertiary/aromatic N) is 2. The Morgan fingerprint density at radius 3 is 2.80 bits per heavy atom. The highest BCUT2D eigenvalue weighted by molar-refractivity contribution is 5.41. The summed E-state index contributed by atoms with van der Waals surface area (Å²) in [5, 5.41) is 0. The quantitative estimate of drug-likeness (QED) is 0.736. The lowest BCUT2D eigenvalue weighted by Crippen LogP contribution is -2.33. The molecule has 82 valence electrons. The van der Waals surface area contributed by atoms with E-state index in [2.05, 4.69) is 35.9 Å². The van der Waals surface area contributed by atoms with Crippen LogP contribution in [-0.4, -0.2) is 18.1 Å². The summed E-state index contributed by atoms with van der Waals surface area (Å²) < 4.78 is 0. The zero-order valence-corrected chi connectivity index (χ0v) is 9.74. The van der Waals surface area contributed by atoms with Crippen LogP contribution in [0.15, 0.2) is 18.3 Å². The number of pyridine rings is 1. The summed E-state index contributed by atoms with van der Waals surface area (Å²) in [6, 6.07) is 4.34. The van der Waals surface area contributed by atoms with E-state index >= 15 is 0 Å². The Balaban J connectivity index is 2.08. The van der Waals surface area contributed by atoms with Gasteiger partial charge in [-0.25, -0.2) is 4.98 Å². The fourth-order valence-corrected chi connectivity index (χ4v) is 2.09. The van der Waals surface area contributed by atoms with E-state index in [0.29, 0.717) is 0 Å². The van der Waals surface area contributed by atoms with Crippen LogP contribution in [-0.2, 0) is 6.42 Å². The van der Waals surface area contributed by atoms with Gasteiger partial charge in [-0.2, -0.15) is 0 Å². The molecule has 1 aliphatic rings. The SMILES string of the molecule is CCc1ccnc(N2CCC(C)CC2)c1. The lowest BCUT2D eigenvalue weighted by Gasteiger charge is -2.31. The second kappa shape index (κ2) is 4.65. The predicted octanol–water partition coefficient (Wildman–Crippen LogP) is 2.88. The molecule has 2 nitrogen and oxygen atoms in total. The summed E-state index contributed by atoms with van der Waals surface area (Å²) in [6.45, 7) is 6.87. The van der Waals surface area contributed by atoms with Crippen molar-refractivity contribution in [1.29, 1.82) is 0 Å². The van der Waals surface area contributed by atoms with Crippen molar-refractivity contribution in [2.45, 2.75) is 33.1 Å². The molecule has 0 unspecified atom stereocenters. The van der Waals surface area contributed by atoms with Gasteiger partial charge in [0.1, 0.15) is 5.82 Å². The Bertz CT molecular complexity index is 314. The molecule has 1 aliphatic heterocycles. The van der Waals surface area contributed by atoms with Crippen LogP contribution in [0.4, 0.5) is 5.82 Å². The normalized spacial score (nSPS) is 18.1. The summed E-state index contributed by atoms with van der Waals surface area (Å²) in [5.74, 6) is 2.05. The van der Waals surface area contributed by atoms with Crippen LogP contribution in [0.1, 0.15) is 32.3 Å². The van der Waals surface area contributed by atoms with Gasteiger partial charge in [-0.3, -0.25) is 0 Å². The fraction of sp³-hybridized carbons (Fsp3) is 0.615. The summed E-state index contributed by atoms with van der Waals surface area (Å²) >= 11 is 0. The number of rotatable bonds is 2. The maximum atomic E-state index is 4.46. The standard InChI is InChI=1S/C13H20N2/c1-3-12-4-7-14-13(10-12)15-8-5-11(2)6-9-15/h4,7,10-11H,3,5-6,8-9H2,1-2H3. The summed E-state index contributed by atoms with van der Waals surface area (Å²) in [4.78, 5) is 6.88. The number of hydrogen-bond donors (Lipinski definition) is 0. The first-order valence-electron chi connectivity index (χ1n) is 5.99. The van der Waals surface area contributed by atoms with Gasteiger partial charge in [0.15, 0.2) is 0 Å². The first-order chi connectivity index (χ1) is 7.29. The Kier molecular flexibility index (Phi) is 3.24. The van der Waals surface area contributed by atoms with E-state index in [0.717, 1.165) is 12.3 Å². The van der Waals surface area contributed by atoms with Gasteiger partial charge in [0.05, 0.1) is 0 Å². The monoisotopic (exact) mass is 204 g/mol. The molecule has 0 N–H and O–H groups in total. The fourth-order valence-electron chi connectivity index (χ4n) is 2.09. The molecule has 1 aromatic heterocycles. The van der Waals surface area contributed by atoms with Crippen molar-refractivity contribution in [3.05, 3.63) is 23.9 Å². The van der Waals surface area contributed by atoms with Gasteiger partial charge in [0.2, 0.25) is 0 Å². The third kappa shape index (κ3) is 2.49. The number of piperidine rings is 1. The molecule has 0 radical (unpaired) electrons. The average molecular weight is 204 g/mol. The van der Waals surface area contributed by atoms with Gasteiger partial charge in [0, 0.05) is 19.3 Å². The molecule has 1 saturated heterocycles. The van der Waals surface area contributed by atoms with Gasteiger partial charge in [-0.05, 0) is 42.9 Å². The van der Waals surface area contributed by atoms with Crippen LogP contribution < -0.4 is 4.90 Å². The third-order valence-electron chi connectivity index (χ3n) is 3.33. The second-order valence-corrected chi connectivity index (χ2v) is 4.55. The zero-order chi connectivity index (χ0) is 10.7. The van der Waals surface area contributed by atoms with E-state index in [-0.39, 0.29) is 0 Å². The minimum atomic E-state index is 0.885. The van der Waals surface area contributed by atoms with E-state index in [1.54, 1.807) is 0 Å². The lowest BCUT2D eigenvalue weighted by molar-refractivity contribution is 0.436. The van der Waals surface area contributed by atoms with Crippen LogP contribution in [0.3, 0.4) is 0 Å². The summed E-state index contributed by atoms with van der Waals surface area (Å²) in [5.41, 5.74) is 1.39. The molecule has 0 spiro atoms. The lowest BCUT2D eigenvalue weighted by atomic mass is 9.99. The van der Waals surface area contributed by atoms with Gasteiger partial charge >= 0.3 is 0 Å². The topological polar surface area (TPSA) is 16.1 Å². The van der Waals surface area contributed by atoms with Crippen LogP contribution in [0.5, 0.6) is 0 Å². The molecule has 0 amide bonds. The van der Waals surface area contributed by atoms with Crippen LogP contribution in [0, 0.1) is 5.92 Å². The Labute approximate surface area is 92.3 Å². The molecule has 15 heavy (non-hydrogen) atoms. The molecule has 2 heterocycles. The van der Waals surface area contributed by atoms with Gasteiger partial charge < -0.3 is 4.90 Å². The second-order valence-electron chi connectivity index (χ2n) is 4.55. The first kappa shape index (κ1) is 10.5. The maximum absolute atomic E-state index is 4.46. The highest BCUT2D eigenvalue weighted by atomic mass is 15.2. The minimum absolute atomic E-state index is 0.885. The molecule has 0 atom stereocenters. The van der Waals surface area contributed by atoms with Crippen LogP contribution >= 0.6 is 0 Å². The Morgan fingerprint density at radius 2 is 2.13 bits per heavy atom. The van der Waals surface area contributed by atoms with Crippen LogP contribution in [0.2, 0.25) is 0 Å². The van der Waals surface area contributed by atoms with Crippen LogP contribution in [0.25, 0.3) is 0 Å². The Morgan fingerprint density at radius 1 is 1.40 bits per heavy atom. The molecular formula is C13H20N2. The smallest absolute Gasteiger partial charge is 0.128 e. The summed E-state index contributed by atoms with van der Waals surface area (Å²) in [6.07, 6.45) is 5.64. The first-order valence-corrected chi connectivity index (χ1v) is 5.99. The van der Waals surface area contributed by atoms with Gasteiger partial charge in [0.25, 0.3) is 0 Å². The molecule has 0 saturated carbocycles. The summed E-state index contributed by atoms with van der Waals surface area (Å²) in [7, 11) is 0. The van der Waals surface area contributed by atoms with Crippen molar-refractivity contribution >= 4 is 5.82 Å². The van der Waals surface area contributed by atoms with Crippen molar-refractivity contribution in [3.63, 3.8) is 0 Å². The molecule has 1 fully saturated rings. The minimum Gasteiger partial charge on any atom is -0.357 e. The maximum Gasteiger partial charge on any atom is 0.128 e. The van der Waals surface area contributed by atoms with Crippen molar-refractivity contribution < 1.29 is 0 Å². The number of aromatic nitrogens is 1. The van der Waals surface area contributed by atoms with Gasteiger partial charge in [-0.15, -0.1) is 0 Å².